The minimum atomic E-state index is -1.14. The average Bonchev–Trinajstić information content (AvgIpc) is 2.54. The first-order valence-electron chi connectivity index (χ1n) is 6.86. The number of nitrogens with two attached hydrogens (primary N) is 1. The Balaban J connectivity index is 2.22. The summed E-state index contributed by atoms with van der Waals surface area (Å²) >= 11 is 1.55. The van der Waals surface area contributed by atoms with Gasteiger partial charge in [0.25, 0.3) is 0 Å². The van der Waals surface area contributed by atoms with E-state index in [1.165, 1.54) is 0 Å². The summed E-state index contributed by atoms with van der Waals surface area (Å²) < 4.78 is 5.17. The monoisotopic (exact) mass is 301 g/mol. The zero-order chi connectivity index (χ0) is 15.1. The number of esters is 1. The van der Waals surface area contributed by atoms with E-state index in [-0.39, 0.29) is 5.97 Å². The molecule has 0 aliphatic heterocycles. The zero-order valence-electron chi connectivity index (χ0n) is 12.0. The predicted molar refractivity (Wildman–Crippen MR) is 86.1 cm³/mol. The van der Waals surface area contributed by atoms with Crippen LogP contribution in [0.3, 0.4) is 0 Å². The Labute approximate surface area is 129 Å². The second-order valence-corrected chi connectivity index (χ2v) is 5.71. The summed E-state index contributed by atoms with van der Waals surface area (Å²) in [4.78, 5) is 13.4. The second kappa shape index (κ2) is 7.29. The number of carbonyl (C=O) groups is 1. The molecule has 0 amide bonds. The lowest BCUT2D eigenvalue weighted by Crippen LogP contribution is -2.48. The molecule has 110 valence electrons. The number of hydrogen-bond donors (Lipinski definition) is 1. The molecule has 21 heavy (non-hydrogen) atoms. The van der Waals surface area contributed by atoms with Crippen LogP contribution in [0.5, 0.6) is 0 Å². The molecule has 2 rings (SSSR count). The molecule has 0 radical (unpaired) electrons. The first-order valence-corrected chi connectivity index (χ1v) is 7.85. The van der Waals surface area contributed by atoms with Crippen molar-refractivity contribution in [3.63, 3.8) is 0 Å². The molecule has 0 fully saturated rings. The average molecular weight is 301 g/mol. The van der Waals surface area contributed by atoms with Crippen LogP contribution < -0.4 is 5.73 Å². The highest BCUT2D eigenvalue weighted by Gasteiger charge is 2.37. The zero-order valence-corrected chi connectivity index (χ0v) is 12.8. The standard InChI is InChI=1S/C17H19NO2S/c1-2-20-16(19)17(18,14-9-5-3-6-10-14)13-21-15-11-7-4-8-12-15/h3-12H,2,13,18H2,1H3. The van der Waals surface area contributed by atoms with E-state index in [2.05, 4.69) is 0 Å². The van der Waals surface area contributed by atoms with Crippen molar-refractivity contribution in [1.82, 2.24) is 0 Å². The summed E-state index contributed by atoms with van der Waals surface area (Å²) in [5.41, 5.74) is 6.03. The first kappa shape index (κ1) is 15.6. The number of rotatable bonds is 6. The van der Waals surface area contributed by atoms with Crippen LogP contribution >= 0.6 is 11.8 Å². The number of carbonyl (C=O) groups excluding carboxylic acids is 1. The van der Waals surface area contributed by atoms with E-state index in [4.69, 9.17) is 10.5 Å². The van der Waals surface area contributed by atoms with Crippen molar-refractivity contribution in [1.29, 1.82) is 0 Å². The van der Waals surface area contributed by atoms with Crippen LogP contribution in [0.1, 0.15) is 12.5 Å². The van der Waals surface area contributed by atoms with Crippen molar-refractivity contribution in [2.24, 2.45) is 5.73 Å². The molecule has 0 saturated carbocycles. The smallest absolute Gasteiger partial charge is 0.331 e. The van der Waals surface area contributed by atoms with Gasteiger partial charge < -0.3 is 10.5 Å². The molecule has 2 N–H and O–H groups in total. The minimum absolute atomic E-state index is 0.320. The van der Waals surface area contributed by atoms with Crippen LogP contribution in [0.4, 0.5) is 0 Å². The SMILES string of the molecule is CCOC(=O)C(N)(CSc1ccccc1)c1ccccc1. The van der Waals surface area contributed by atoms with Gasteiger partial charge in [0.2, 0.25) is 0 Å². The highest BCUT2D eigenvalue weighted by Crippen LogP contribution is 2.29. The normalized spacial score (nSPS) is 13.4. The van der Waals surface area contributed by atoms with Crippen LogP contribution in [-0.2, 0) is 15.1 Å². The highest BCUT2D eigenvalue weighted by atomic mass is 32.2. The summed E-state index contributed by atoms with van der Waals surface area (Å²) in [6, 6.07) is 19.3. The van der Waals surface area contributed by atoms with Crippen LogP contribution in [0, 0.1) is 0 Å². The Morgan fingerprint density at radius 1 is 1.10 bits per heavy atom. The Hall–Kier alpha value is -1.78. The van der Waals surface area contributed by atoms with Gasteiger partial charge in [0, 0.05) is 10.6 Å². The van der Waals surface area contributed by atoms with Crippen molar-refractivity contribution in [2.75, 3.05) is 12.4 Å². The largest absolute Gasteiger partial charge is 0.464 e. The van der Waals surface area contributed by atoms with E-state index in [0.717, 1.165) is 10.5 Å². The molecule has 0 aliphatic rings. The third-order valence-corrected chi connectivity index (χ3v) is 4.34. The van der Waals surface area contributed by atoms with E-state index in [9.17, 15) is 4.79 Å². The highest BCUT2D eigenvalue weighted by molar-refractivity contribution is 7.99. The number of hydrogen-bond acceptors (Lipinski definition) is 4. The van der Waals surface area contributed by atoms with Gasteiger partial charge in [-0.1, -0.05) is 48.5 Å². The third kappa shape index (κ3) is 3.86. The molecule has 2 aromatic carbocycles. The van der Waals surface area contributed by atoms with Gasteiger partial charge in [-0.2, -0.15) is 0 Å². The molecule has 0 aromatic heterocycles. The van der Waals surface area contributed by atoms with Crippen molar-refractivity contribution in [3.8, 4) is 0 Å². The number of thioether (sulfide) groups is 1. The lowest BCUT2D eigenvalue weighted by molar-refractivity contribution is -0.149. The molecule has 0 bridgehead atoms. The summed E-state index contributed by atoms with van der Waals surface area (Å²) in [5, 5.41) is 0. The fourth-order valence-corrected chi connectivity index (χ4v) is 3.00. The molecular weight excluding hydrogens is 282 g/mol. The van der Waals surface area contributed by atoms with Crippen LogP contribution in [0.15, 0.2) is 65.6 Å². The van der Waals surface area contributed by atoms with E-state index < -0.39 is 5.54 Å². The van der Waals surface area contributed by atoms with Crippen LogP contribution in [0.2, 0.25) is 0 Å². The van der Waals surface area contributed by atoms with Gasteiger partial charge in [0.1, 0.15) is 5.54 Å². The van der Waals surface area contributed by atoms with Gasteiger partial charge in [-0.3, -0.25) is 0 Å². The fourth-order valence-electron chi connectivity index (χ4n) is 1.97. The van der Waals surface area contributed by atoms with E-state index in [0.29, 0.717) is 12.4 Å². The summed E-state index contributed by atoms with van der Waals surface area (Å²) in [7, 11) is 0. The van der Waals surface area contributed by atoms with E-state index in [1.807, 2.05) is 60.7 Å². The summed E-state index contributed by atoms with van der Waals surface area (Å²) in [6.45, 7) is 2.11. The van der Waals surface area contributed by atoms with Crippen molar-refractivity contribution in [3.05, 3.63) is 66.2 Å². The van der Waals surface area contributed by atoms with Gasteiger partial charge >= 0.3 is 5.97 Å². The number of benzene rings is 2. The first-order chi connectivity index (χ1) is 10.2. The maximum atomic E-state index is 12.3. The van der Waals surface area contributed by atoms with Crippen LogP contribution in [0.25, 0.3) is 0 Å². The lowest BCUT2D eigenvalue weighted by atomic mass is 9.93. The molecule has 4 heteroatoms. The molecular formula is C17H19NO2S. The maximum Gasteiger partial charge on any atom is 0.331 e. The molecule has 0 spiro atoms. The minimum Gasteiger partial charge on any atom is -0.464 e. The quantitative estimate of drug-likeness (QED) is 0.657. The van der Waals surface area contributed by atoms with Gasteiger partial charge in [-0.05, 0) is 24.6 Å². The summed E-state index contributed by atoms with van der Waals surface area (Å²) in [5.74, 6) is 0.0412. The summed E-state index contributed by atoms with van der Waals surface area (Å²) in [6.07, 6.45) is 0. The Morgan fingerprint density at radius 3 is 2.24 bits per heavy atom. The van der Waals surface area contributed by atoms with Gasteiger partial charge in [-0.15, -0.1) is 11.8 Å². The Morgan fingerprint density at radius 2 is 1.67 bits per heavy atom. The molecule has 3 nitrogen and oxygen atoms in total. The lowest BCUT2D eigenvalue weighted by Gasteiger charge is -2.27. The van der Waals surface area contributed by atoms with Crippen LogP contribution in [-0.4, -0.2) is 18.3 Å². The molecule has 1 unspecified atom stereocenters. The van der Waals surface area contributed by atoms with Crippen molar-refractivity contribution in [2.45, 2.75) is 17.4 Å². The van der Waals surface area contributed by atoms with Crippen molar-refractivity contribution < 1.29 is 9.53 Å². The molecule has 2 aromatic rings. The third-order valence-electron chi connectivity index (χ3n) is 3.14. The van der Waals surface area contributed by atoms with Gasteiger partial charge in [0.15, 0.2) is 0 Å². The topological polar surface area (TPSA) is 52.3 Å². The van der Waals surface area contributed by atoms with Crippen molar-refractivity contribution >= 4 is 17.7 Å². The fraction of sp³-hybridized carbons (Fsp3) is 0.235. The van der Waals surface area contributed by atoms with E-state index >= 15 is 0 Å². The molecule has 0 heterocycles. The van der Waals surface area contributed by atoms with Gasteiger partial charge in [0.05, 0.1) is 6.61 Å². The second-order valence-electron chi connectivity index (χ2n) is 4.66. The Bertz CT molecular complexity index is 574. The predicted octanol–water partition coefficient (Wildman–Crippen LogP) is 3.20. The van der Waals surface area contributed by atoms with Gasteiger partial charge in [-0.25, -0.2) is 4.79 Å². The Kier molecular flexibility index (Phi) is 5.42. The maximum absolute atomic E-state index is 12.3. The molecule has 1 atom stereocenters. The molecule has 0 saturated heterocycles. The van der Waals surface area contributed by atoms with E-state index in [1.54, 1.807) is 18.7 Å². The number of ether oxygens (including phenoxy) is 1. The molecule has 0 aliphatic carbocycles.